The maximum Gasteiger partial charge on any atom is 0.320 e. The topological polar surface area (TPSA) is 64.1 Å². The average Bonchev–Trinajstić information content (AvgIpc) is 3.03. The Hall–Kier alpha value is -2.08. The third kappa shape index (κ3) is 3.70. The number of carbonyl (C=O) groups excluding carboxylic acids is 1. The van der Waals surface area contributed by atoms with Crippen LogP contribution in [0, 0.1) is 6.92 Å². The molecule has 3 rings (SSSR count). The van der Waals surface area contributed by atoms with Gasteiger partial charge in [0, 0.05) is 31.9 Å². The van der Waals surface area contributed by atoms with E-state index in [9.17, 15) is 14.7 Å². The number of aryl methyl sites for hydroxylation is 1. The summed E-state index contributed by atoms with van der Waals surface area (Å²) in [5.41, 5.74) is 2.44. The number of hydrogen-bond acceptors (Lipinski definition) is 4. The van der Waals surface area contributed by atoms with Crippen LogP contribution in [-0.2, 0) is 9.59 Å². The normalized spacial score (nSPS) is 22.0. The number of benzene rings is 1. The highest BCUT2D eigenvalue weighted by atomic mass is 16.4. The first-order valence-corrected chi connectivity index (χ1v) is 8.61. The van der Waals surface area contributed by atoms with Crippen LogP contribution in [0.3, 0.4) is 0 Å². The van der Waals surface area contributed by atoms with Crippen molar-refractivity contribution in [3.63, 3.8) is 0 Å². The summed E-state index contributed by atoms with van der Waals surface area (Å²) >= 11 is 0. The highest BCUT2D eigenvalue weighted by Crippen LogP contribution is 2.19. The van der Waals surface area contributed by atoms with Crippen LogP contribution in [0.5, 0.6) is 0 Å². The molecule has 2 saturated heterocycles. The van der Waals surface area contributed by atoms with Gasteiger partial charge in [0.1, 0.15) is 6.04 Å². The molecule has 6 nitrogen and oxygen atoms in total. The lowest BCUT2D eigenvalue weighted by Crippen LogP contribution is -2.52. The molecule has 2 heterocycles. The van der Waals surface area contributed by atoms with Crippen molar-refractivity contribution < 1.29 is 14.7 Å². The van der Waals surface area contributed by atoms with Crippen LogP contribution in [0.15, 0.2) is 24.3 Å². The number of carboxylic acids is 1. The fraction of sp³-hybridized carbons (Fsp3) is 0.556. The molecule has 1 aromatic carbocycles. The Morgan fingerprint density at radius 1 is 1.17 bits per heavy atom. The van der Waals surface area contributed by atoms with Crippen molar-refractivity contribution in [1.29, 1.82) is 0 Å². The quantitative estimate of drug-likeness (QED) is 0.898. The van der Waals surface area contributed by atoms with Crippen LogP contribution in [-0.4, -0.2) is 72.1 Å². The summed E-state index contributed by atoms with van der Waals surface area (Å²) in [6.45, 7) is 6.03. The van der Waals surface area contributed by atoms with Gasteiger partial charge in [-0.25, -0.2) is 0 Å². The molecule has 1 amide bonds. The van der Waals surface area contributed by atoms with Gasteiger partial charge in [0.15, 0.2) is 0 Å². The molecule has 0 spiro atoms. The van der Waals surface area contributed by atoms with Crippen molar-refractivity contribution >= 4 is 17.6 Å². The summed E-state index contributed by atoms with van der Waals surface area (Å²) < 4.78 is 0. The third-order valence-corrected chi connectivity index (χ3v) is 4.99. The highest BCUT2D eigenvalue weighted by molar-refractivity contribution is 5.80. The fourth-order valence-corrected chi connectivity index (χ4v) is 3.61. The molecule has 0 aliphatic carbocycles. The minimum atomic E-state index is -0.815. The van der Waals surface area contributed by atoms with Crippen LogP contribution in [0.25, 0.3) is 0 Å². The number of nitrogens with zero attached hydrogens (tertiary/aromatic N) is 3. The number of rotatable bonds is 4. The summed E-state index contributed by atoms with van der Waals surface area (Å²) in [5, 5.41) is 9.22. The summed E-state index contributed by atoms with van der Waals surface area (Å²) in [6.07, 6.45) is 1.50. The van der Waals surface area contributed by atoms with Crippen LogP contribution in [0.4, 0.5) is 5.69 Å². The Bertz CT molecular complexity index is 611. The lowest BCUT2D eigenvalue weighted by atomic mass is 10.2. The van der Waals surface area contributed by atoms with E-state index in [1.807, 2.05) is 4.90 Å². The zero-order valence-electron chi connectivity index (χ0n) is 14.1. The standard InChI is InChI=1S/C18H25N3O3/c1-14-4-2-5-15(12-14)19-8-10-20(11-9-19)17(22)13-21-7-3-6-16(21)18(23)24/h2,4-5,12,16H,3,6-11,13H2,1H3,(H,23,24). The summed E-state index contributed by atoms with van der Waals surface area (Å²) in [5.74, 6) is -0.767. The number of amides is 1. The third-order valence-electron chi connectivity index (χ3n) is 4.99. The SMILES string of the molecule is Cc1cccc(N2CCN(C(=O)CN3CCCC3C(=O)O)CC2)c1. The Morgan fingerprint density at radius 3 is 2.58 bits per heavy atom. The van der Waals surface area contributed by atoms with Crippen molar-refractivity contribution in [1.82, 2.24) is 9.80 Å². The smallest absolute Gasteiger partial charge is 0.320 e. The molecular formula is C18H25N3O3. The zero-order valence-corrected chi connectivity index (χ0v) is 14.1. The predicted molar refractivity (Wildman–Crippen MR) is 92.2 cm³/mol. The maximum atomic E-state index is 12.5. The molecule has 2 aliphatic rings. The van der Waals surface area contributed by atoms with Gasteiger partial charge in [0.25, 0.3) is 0 Å². The summed E-state index contributed by atoms with van der Waals surface area (Å²) in [7, 11) is 0. The van der Waals surface area contributed by atoms with E-state index < -0.39 is 12.0 Å². The van der Waals surface area contributed by atoms with Gasteiger partial charge in [-0.3, -0.25) is 14.5 Å². The molecule has 130 valence electrons. The van der Waals surface area contributed by atoms with Crippen LogP contribution in [0.1, 0.15) is 18.4 Å². The van der Waals surface area contributed by atoms with E-state index in [2.05, 4.69) is 36.1 Å². The highest BCUT2D eigenvalue weighted by Gasteiger charge is 2.33. The van der Waals surface area contributed by atoms with E-state index >= 15 is 0 Å². The molecule has 1 unspecified atom stereocenters. The molecule has 0 bridgehead atoms. The van der Waals surface area contributed by atoms with Gasteiger partial charge in [-0.05, 0) is 44.0 Å². The zero-order chi connectivity index (χ0) is 17.1. The van der Waals surface area contributed by atoms with Gasteiger partial charge in [0.2, 0.25) is 5.91 Å². The Morgan fingerprint density at radius 2 is 1.92 bits per heavy atom. The molecule has 0 aromatic heterocycles. The second-order valence-electron chi connectivity index (χ2n) is 6.67. The van der Waals surface area contributed by atoms with Crippen molar-refractivity contribution in [3.05, 3.63) is 29.8 Å². The number of carbonyl (C=O) groups is 2. The number of piperazine rings is 1. The van der Waals surface area contributed by atoms with Crippen molar-refractivity contribution in [2.45, 2.75) is 25.8 Å². The van der Waals surface area contributed by atoms with Gasteiger partial charge in [-0.1, -0.05) is 12.1 Å². The number of anilines is 1. The van der Waals surface area contributed by atoms with E-state index in [0.717, 1.165) is 19.5 Å². The minimum Gasteiger partial charge on any atom is -0.480 e. The minimum absolute atomic E-state index is 0.0482. The first-order chi connectivity index (χ1) is 11.5. The van der Waals surface area contributed by atoms with E-state index in [0.29, 0.717) is 26.1 Å². The summed E-state index contributed by atoms with van der Waals surface area (Å²) in [6, 6.07) is 7.91. The number of likely N-dealkylation sites (tertiary alicyclic amines) is 1. The molecule has 2 fully saturated rings. The Balaban J connectivity index is 1.53. The largest absolute Gasteiger partial charge is 0.480 e. The first kappa shape index (κ1) is 16.8. The van der Waals surface area contributed by atoms with Gasteiger partial charge < -0.3 is 14.9 Å². The van der Waals surface area contributed by atoms with Gasteiger partial charge in [-0.15, -0.1) is 0 Å². The average molecular weight is 331 g/mol. The summed E-state index contributed by atoms with van der Waals surface area (Å²) in [4.78, 5) is 29.7. The maximum absolute atomic E-state index is 12.5. The molecule has 1 atom stereocenters. The van der Waals surface area contributed by atoms with Crippen molar-refractivity contribution in [3.8, 4) is 0 Å². The van der Waals surface area contributed by atoms with Crippen molar-refractivity contribution in [2.75, 3.05) is 44.2 Å². The lowest BCUT2D eigenvalue weighted by molar-refractivity contribution is -0.143. The Labute approximate surface area is 142 Å². The second-order valence-corrected chi connectivity index (χ2v) is 6.67. The number of carboxylic acid groups (broad SMARTS) is 1. The van der Waals surface area contributed by atoms with Crippen LogP contribution in [0.2, 0.25) is 0 Å². The molecule has 1 N–H and O–H groups in total. The van der Waals surface area contributed by atoms with Crippen LogP contribution >= 0.6 is 0 Å². The van der Waals surface area contributed by atoms with Gasteiger partial charge >= 0.3 is 5.97 Å². The molecule has 24 heavy (non-hydrogen) atoms. The van der Waals surface area contributed by atoms with Crippen LogP contribution < -0.4 is 4.90 Å². The molecule has 2 aliphatic heterocycles. The monoisotopic (exact) mass is 331 g/mol. The number of hydrogen-bond donors (Lipinski definition) is 1. The first-order valence-electron chi connectivity index (χ1n) is 8.61. The van der Waals surface area contributed by atoms with E-state index in [-0.39, 0.29) is 12.5 Å². The molecule has 0 saturated carbocycles. The predicted octanol–water partition coefficient (Wildman–Crippen LogP) is 1.19. The van der Waals surface area contributed by atoms with Crippen molar-refractivity contribution in [2.24, 2.45) is 0 Å². The molecule has 0 radical (unpaired) electrons. The molecule has 6 heteroatoms. The van der Waals surface area contributed by atoms with E-state index in [1.54, 1.807) is 4.90 Å². The number of aliphatic carboxylic acids is 1. The molecule has 1 aromatic rings. The van der Waals surface area contributed by atoms with E-state index in [4.69, 9.17) is 0 Å². The molecular weight excluding hydrogens is 306 g/mol. The Kier molecular flexibility index (Phi) is 5.04. The van der Waals surface area contributed by atoms with Gasteiger partial charge in [-0.2, -0.15) is 0 Å². The van der Waals surface area contributed by atoms with Gasteiger partial charge in [0.05, 0.1) is 6.54 Å². The van der Waals surface area contributed by atoms with E-state index in [1.165, 1.54) is 11.3 Å². The fourth-order valence-electron chi connectivity index (χ4n) is 3.61. The lowest BCUT2D eigenvalue weighted by Gasteiger charge is -2.37. The second kappa shape index (κ2) is 7.21.